The number of amides is 1. The largest absolute Gasteiger partial charge is 0.372 e. The summed E-state index contributed by atoms with van der Waals surface area (Å²) in [5, 5.41) is 2.78. The first-order valence-electron chi connectivity index (χ1n) is 7.53. The van der Waals surface area contributed by atoms with E-state index in [1.807, 2.05) is 61.5 Å². The molecule has 0 aromatic heterocycles. The minimum absolute atomic E-state index is 0.0423. The molecule has 0 saturated carbocycles. The molecule has 23 heavy (non-hydrogen) atoms. The van der Waals surface area contributed by atoms with E-state index in [1.165, 1.54) is 0 Å². The molecule has 1 amide bonds. The standard InChI is InChI=1S/C18H21NO3S/c1-2-22-12-18(20)19-17-10-6-9-16(11-17)14-23(21)13-15-7-4-3-5-8-15/h3-11H,2,12-14H2,1H3,(H,19,20). The Kier molecular flexibility index (Phi) is 6.97. The van der Waals surface area contributed by atoms with E-state index in [9.17, 15) is 9.00 Å². The molecule has 0 heterocycles. The Hall–Kier alpha value is -1.98. The Labute approximate surface area is 139 Å². The first-order valence-corrected chi connectivity index (χ1v) is 9.01. The topological polar surface area (TPSA) is 55.4 Å². The monoisotopic (exact) mass is 331 g/mol. The van der Waals surface area contributed by atoms with E-state index in [0.29, 0.717) is 23.8 Å². The van der Waals surface area contributed by atoms with Crippen molar-refractivity contribution in [2.24, 2.45) is 0 Å². The molecule has 0 saturated heterocycles. The fraction of sp³-hybridized carbons (Fsp3) is 0.278. The van der Waals surface area contributed by atoms with Crippen LogP contribution >= 0.6 is 0 Å². The van der Waals surface area contributed by atoms with Crippen molar-refractivity contribution < 1.29 is 13.7 Å². The summed E-state index contributed by atoms with van der Waals surface area (Å²) in [4.78, 5) is 11.6. The Morgan fingerprint density at radius 3 is 2.48 bits per heavy atom. The van der Waals surface area contributed by atoms with Gasteiger partial charge in [-0.1, -0.05) is 42.5 Å². The van der Waals surface area contributed by atoms with Gasteiger partial charge in [-0.3, -0.25) is 9.00 Å². The van der Waals surface area contributed by atoms with Crippen molar-refractivity contribution in [3.05, 3.63) is 65.7 Å². The lowest BCUT2D eigenvalue weighted by Gasteiger charge is -2.08. The SMILES string of the molecule is CCOCC(=O)Nc1cccc(CS(=O)Cc2ccccc2)c1. The van der Waals surface area contributed by atoms with Gasteiger partial charge in [-0.15, -0.1) is 0 Å². The highest BCUT2D eigenvalue weighted by molar-refractivity contribution is 7.83. The second-order valence-electron chi connectivity index (χ2n) is 5.10. The zero-order valence-corrected chi connectivity index (χ0v) is 14.0. The Balaban J connectivity index is 1.91. The van der Waals surface area contributed by atoms with Crippen molar-refractivity contribution in [3.8, 4) is 0 Å². The van der Waals surface area contributed by atoms with E-state index in [0.717, 1.165) is 11.1 Å². The summed E-state index contributed by atoms with van der Waals surface area (Å²) in [7, 11) is -0.985. The van der Waals surface area contributed by atoms with E-state index < -0.39 is 10.8 Å². The summed E-state index contributed by atoms with van der Waals surface area (Å²) in [6.45, 7) is 2.39. The molecule has 1 atom stereocenters. The molecular weight excluding hydrogens is 310 g/mol. The predicted octanol–water partition coefficient (Wildman–Crippen LogP) is 3.11. The first kappa shape index (κ1) is 17.4. The van der Waals surface area contributed by atoms with Crippen LogP contribution in [0.4, 0.5) is 5.69 Å². The van der Waals surface area contributed by atoms with Gasteiger partial charge >= 0.3 is 0 Å². The van der Waals surface area contributed by atoms with Gasteiger partial charge < -0.3 is 10.1 Å². The summed E-state index contributed by atoms with van der Waals surface area (Å²) < 4.78 is 17.3. The maximum Gasteiger partial charge on any atom is 0.250 e. The zero-order chi connectivity index (χ0) is 16.5. The van der Waals surface area contributed by atoms with E-state index in [4.69, 9.17) is 4.74 Å². The van der Waals surface area contributed by atoms with Crippen LogP contribution in [-0.2, 0) is 31.8 Å². The smallest absolute Gasteiger partial charge is 0.250 e. The highest BCUT2D eigenvalue weighted by Crippen LogP contribution is 2.14. The molecular formula is C18H21NO3S. The summed E-state index contributed by atoms with van der Waals surface area (Å²) in [6.07, 6.45) is 0. The quantitative estimate of drug-likeness (QED) is 0.808. The van der Waals surface area contributed by atoms with Crippen molar-refractivity contribution in [1.29, 1.82) is 0 Å². The van der Waals surface area contributed by atoms with Crippen molar-refractivity contribution in [2.45, 2.75) is 18.4 Å². The van der Waals surface area contributed by atoms with Crippen LogP contribution in [0.5, 0.6) is 0 Å². The van der Waals surface area contributed by atoms with Crippen LogP contribution in [0.15, 0.2) is 54.6 Å². The van der Waals surface area contributed by atoms with Gasteiger partial charge in [0.15, 0.2) is 0 Å². The second-order valence-corrected chi connectivity index (χ2v) is 6.56. The molecule has 1 unspecified atom stereocenters. The van der Waals surface area contributed by atoms with Crippen LogP contribution in [0, 0.1) is 0 Å². The number of carbonyl (C=O) groups excluding carboxylic acids is 1. The van der Waals surface area contributed by atoms with Gasteiger partial charge in [-0.05, 0) is 30.2 Å². The number of ether oxygens (including phenoxy) is 1. The molecule has 1 N–H and O–H groups in total. The van der Waals surface area contributed by atoms with E-state index in [2.05, 4.69) is 5.32 Å². The average molecular weight is 331 g/mol. The fourth-order valence-electron chi connectivity index (χ4n) is 2.13. The first-order chi connectivity index (χ1) is 11.2. The molecule has 2 aromatic carbocycles. The molecule has 5 heteroatoms. The van der Waals surface area contributed by atoms with Crippen molar-refractivity contribution >= 4 is 22.4 Å². The van der Waals surface area contributed by atoms with Crippen LogP contribution in [-0.4, -0.2) is 23.3 Å². The molecule has 0 bridgehead atoms. The Bertz CT molecular complexity index is 658. The van der Waals surface area contributed by atoms with E-state index in [1.54, 1.807) is 0 Å². The maximum absolute atomic E-state index is 12.3. The molecule has 0 aliphatic heterocycles. The zero-order valence-electron chi connectivity index (χ0n) is 13.2. The third-order valence-corrected chi connectivity index (χ3v) is 4.46. The van der Waals surface area contributed by atoms with Crippen molar-refractivity contribution in [1.82, 2.24) is 0 Å². The summed E-state index contributed by atoms with van der Waals surface area (Å²) >= 11 is 0. The summed E-state index contributed by atoms with van der Waals surface area (Å²) in [6, 6.07) is 17.2. The normalized spacial score (nSPS) is 11.9. The predicted molar refractivity (Wildman–Crippen MR) is 93.6 cm³/mol. The molecule has 0 aliphatic carbocycles. The van der Waals surface area contributed by atoms with Crippen LogP contribution < -0.4 is 5.32 Å². The highest BCUT2D eigenvalue weighted by Gasteiger charge is 2.06. The number of carbonyl (C=O) groups is 1. The lowest BCUT2D eigenvalue weighted by atomic mass is 10.2. The number of hydrogen-bond donors (Lipinski definition) is 1. The molecule has 2 aromatic rings. The maximum atomic E-state index is 12.3. The number of rotatable bonds is 8. The van der Waals surface area contributed by atoms with Gasteiger partial charge in [0.25, 0.3) is 0 Å². The second kappa shape index (κ2) is 9.22. The molecule has 0 aliphatic rings. The Morgan fingerprint density at radius 1 is 1.04 bits per heavy atom. The lowest BCUT2D eigenvalue weighted by molar-refractivity contribution is -0.120. The number of anilines is 1. The van der Waals surface area contributed by atoms with Gasteiger partial charge in [0.2, 0.25) is 5.91 Å². The van der Waals surface area contributed by atoms with E-state index in [-0.39, 0.29) is 12.5 Å². The molecule has 0 spiro atoms. The van der Waals surface area contributed by atoms with Gasteiger partial charge in [0.05, 0.1) is 0 Å². The minimum atomic E-state index is -0.985. The van der Waals surface area contributed by atoms with Crippen molar-refractivity contribution in [3.63, 3.8) is 0 Å². The van der Waals surface area contributed by atoms with Gasteiger partial charge in [0.1, 0.15) is 6.61 Å². The average Bonchev–Trinajstić information content (AvgIpc) is 2.54. The number of nitrogens with one attached hydrogen (secondary N) is 1. The highest BCUT2D eigenvalue weighted by atomic mass is 32.2. The molecule has 0 radical (unpaired) electrons. The number of benzene rings is 2. The van der Waals surface area contributed by atoms with E-state index >= 15 is 0 Å². The third-order valence-electron chi connectivity index (χ3n) is 3.15. The van der Waals surface area contributed by atoms with Crippen molar-refractivity contribution in [2.75, 3.05) is 18.5 Å². The summed E-state index contributed by atoms with van der Waals surface area (Å²) in [5.41, 5.74) is 2.70. The molecule has 4 nitrogen and oxygen atoms in total. The van der Waals surface area contributed by atoms with Crippen LogP contribution in [0.2, 0.25) is 0 Å². The lowest BCUT2D eigenvalue weighted by Crippen LogP contribution is -2.18. The minimum Gasteiger partial charge on any atom is -0.372 e. The third kappa shape index (κ3) is 6.34. The van der Waals surface area contributed by atoms with Crippen LogP contribution in [0.1, 0.15) is 18.1 Å². The molecule has 122 valence electrons. The Morgan fingerprint density at radius 2 is 1.74 bits per heavy atom. The molecule has 0 fully saturated rings. The van der Waals surface area contributed by atoms with Crippen LogP contribution in [0.25, 0.3) is 0 Å². The van der Waals surface area contributed by atoms with Gasteiger partial charge in [-0.25, -0.2) is 0 Å². The van der Waals surface area contributed by atoms with Crippen LogP contribution in [0.3, 0.4) is 0 Å². The van der Waals surface area contributed by atoms with Gasteiger partial charge in [-0.2, -0.15) is 0 Å². The van der Waals surface area contributed by atoms with Gasteiger partial charge in [0, 0.05) is 34.6 Å². The fourth-order valence-corrected chi connectivity index (χ4v) is 3.35. The molecule has 2 rings (SSSR count). The summed E-state index contributed by atoms with van der Waals surface area (Å²) in [5.74, 6) is 0.806. The number of hydrogen-bond acceptors (Lipinski definition) is 3.